The van der Waals surface area contributed by atoms with Crippen molar-refractivity contribution < 1.29 is 0 Å². The normalized spacial score (nSPS) is 11.2. The summed E-state index contributed by atoms with van der Waals surface area (Å²) >= 11 is 0. The molecule has 7 aromatic rings. The molecule has 0 atom stereocenters. The summed E-state index contributed by atoms with van der Waals surface area (Å²) in [4.78, 5) is 9.52. The first kappa shape index (κ1) is 21.3. The summed E-state index contributed by atoms with van der Waals surface area (Å²) < 4.78 is 2.34. The van der Waals surface area contributed by atoms with Crippen LogP contribution in [0.25, 0.3) is 61.3 Å². The number of pyridine rings is 2. The largest absolute Gasteiger partial charge is 0.309 e. The summed E-state index contributed by atoms with van der Waals surface area (Å²) in [5, 5.41) is 2.53. The molecule has 7 rings (SSSR count). The molecule has 174 valence electrons. The summed E-state index contributed by atoms with van der Waals surface area (Å²) in [6, 6.07) is 46.6. The predicted octanol–water partition coefficient (Wildman–Crippen LogP) is 8.57. The van der Waals surface area contributed by atoms with Gasteiger partial charge in [0, 0.05) is 28.2 Å². The molecule has 3 heterocycles. The summed E-state index contributed by atoms with van der Waals surface area (Å²) in [5.41, 5.74) is 9.57. The predicted molar refractivity (Wildman–Crippen MR) is 153 cm³/mol. The topological polar surface area (TPSA) is 30.7 Å². The van der Waals surface area contributed by atoms with E-state index in [1.807, 2.05) is 42.6 Å². The second kappa shape index (κ2) is 8.89. The Morgan fingerprint density at radius 3 is 1.73 bits per heavy atom. The van der Waals surface area contributed by atoms with Crippen LogP contribution >= 0.6 is 0 Å². The third-order valence-corrected chi connectivity index (χ3v) is 6.86. The third-order valence-electron chi connectivity index (χ3n) is 6.86. The first-order valence-corrected chi connectivity index (χ1v) is 12.4. The zero-order valence-electron chi connectivity index (χ0n) is 20.1. The summed E-state index contributed by atoms with van der Waals surface area (Å²) in [6.07, 6.45) is 1.81. The molecule has 4 aromatic carbocycles. The number of fused-ring (bicyclic) bond motifs is 3. The fourth-order valence-electron chi connectivity index (χ4n) is 5.10. The van der Waals surface area contributed by atoms with Gasteiger partial charge in [0.25, 0.3) is 0 Å². The van der Waals surface area contributed by atoms with Gasteiger partial charge in [-0.1, -0.05) is 84.9 Å². The summed E-state index contributed by atoms with van der Waals surface area (Å²) in [6.45, 7) is 0. The van der Waals surface area contributed by atoms with E-state index in [0.29, 0.717) is 0 Å². The Morgan fingerprint density at radius 1 is 0.432 bits per heavy atom. The Bertz CT molecular complexity index is 1740. The summed E-state index contributed by atoms with van der Waals surface area (Å²) in [7, 11) is 0. The first-order valence-electron chi connectivity index (χ1n) is 12.4. The maximum Gasteiger partial charge on any atom is 0.0899 e. The molecule has 0 amide bonds. The number of rotatable bonds is 4. The molecule has 3 nitrogen and oxygen atoms in total. The van der Waals surface area contributed by atoms with Crippen molar-refractivity contribution in [3.63, 3.8) is 0 Å². The van der Waals surface area contributed by atoms with Gasteiger partial charge in [0.1, 0.15) is 0 Å². The van der Waals surface area contributed by atoms with E-state index < -0.39 is 0 Å². The van der Waals surface area contributed by atoms with Crippen LogP contribution in [-0.2, 0) is 0 Å². The van der Waals surface area contributed by atoms with Crippen molar-refractivity contribution in [1.29, 1.82) is 0 Å². The van der Waals surface area contributed by atoms with Crippen molar-refractivity contribution in [3.8, 4) is 39.5 Å². The average Bonchev–Trinajstić information content (AvgIpc) is 3.32. The Morgan fingerprint density at radius 2 is 1.05 bits per heavy atom. The SMILES string of the molecule is c1ccc(-c2cc(-c3ccc(-n4c5ccccc5c5ccccc54)cc3)cc(-c3ccccn3)n2)cc1. The van der Waals surface area contributed by atoms with Crippen LogP contribution in [0.4, 0.5) is 0 Å². The van der Waals surface area contributed by atoms with Gasteiger partial charge in [-0.25, -0.2) is 4.98 Å². The van der Waals surface area contributed by atoms with Crippen molar-refractivity contribution in [2.24, 2.45) is 0 Å². The third kappa shape index (κ3) is 3.78. The number of para-hydroxylation sites is 2. The number of benzene rings is 4. The lowest BCUT2D eigenvalue weighted by Gasteiger charge is -2.12. The molecule has 0 aliphatic carbocycles. The molecule has 0 radical (unpaired) electrons. The van der Waals surface area contributed by atoms with E-state index in [2.05, 4.69) is 107 Å². The van der Waals surface area contributed by atoms with Crippen LogP contribution in [0.15, 0.2) is 140 Å². The highest BCUT2D eigenvalue weighted by Crippen LogP contribution is 2.34. The van der Waals surface area contributed by atoms with E-state index in [9.17, 15) is 0 Å². The molecule has 0 bridgehead atoms. The number of hydrogen-bond donors (Lipinski definition) is 0. The highest BCUT2D eigenvalue weighted by Gasteiger charge is 2.13. The Kier molecular flexibility index (Phi) is 5.11. The lowest BCUT2D eigenvalue weighted by atomic mass is 10.0. The van der Waals surface area contributed by atoms with Crippen molar-refractivity contribution in [2.45, 2.75) is 0 Å². The Hall–Kier alpha value is -5.02. The number of aromatic nitrogens is 3. The van der Waals surface area contributed by atoms with Crippen LogP contribution in [0.1, 0.15) is 0 Å². The highest BCUT2D eigenvalue weighted by atomic mass is 15.0. The zero-order valence-corrected chi connectivity index (χ0v) is 20.1. The fraction of sp³-hybridized carbons (Fsp3) is 0. The quantitative estimate of drug-likeness (QED) is 0.256. The van der Waals surface area contributed by atoms with Crippen LogP contribution in [0.3, 0.4) is 0 Å². The maximum atomic E-state index is 4.96. The molecule has 3 heteroatoms. The molecule has 37 heavy (non-hydrogen) atoms. The highest BCUT2D eigenvalue weighted by molar-refractivity contribution is 6.09. The minimum Gasteiger partial charge on any atom is -0.309 e. The standard InChI is InChI=1S/C34H23N3/c1-2-10-25(11-3-1)31-22-26(23-32(36-31)30-14-8-9-21-35-30)24-17-19-27(20-18-24)37-33-15-6-4-12-28(33)29-13-5-7-16-34(29)37/h1-23H. The molecule has 0 aliphatic heterocycles. The van der Waals surface area contributed by atoms with Gasteiger partial charge in [-0.3, -0.25) is 4.98 Å². The molecule has 0 spiro atoms. The van der Waals surface area contributed by atoms with Crippen LogP contribution in [-0.4, -0.2) is 14.5 Å². The molecular formula is C34H23N3. The molecular weight excluding hydrogens is 450 g/mol. The van der Waals surface area contributed by atoms with Gasteiger partial charge in [0.15, 0.2) is 0 Å². The smallest absolute Gasteiger partial charge is 0.0899 e. The summed E-state index contributed by atoms with van der Waals surface area (Å²) in [5.74, 6) is 0. The van der Waals surface area contributed by atoms with Crippen molar-refractivity contribution in [2.75, 3.05) is 0 Å². The maximum absolute atomic E-state index is 4.96. The van der Waals surface area contributed by atoms with Crippen molar-refractivity contribution in [1.82, 2.24) is 14.5 Å². The fourth-order valence-corrected chi connectivity index (χ4v) is 5.10. The van der Waals surface area contributed by atoms with Gasteiger partial charge < -0.3 is 4.57 Å². The molecule has 0 saturated carbocycles. The van der Waals surface area contributed by atoms with Gasteiger partial charge >= 0.3 is 0 Å². The van der Waals surface area contributed by atoms with Crippen LogP contribution in [0.5, 0.6) is 0 Å². The zero-order chi connectivity index (χ0) is 24.6. The number of hydrogen-bond acceptors (Lipinski definition) is 2. The minimum atomic E-state index is 0.864. The van der Waals surface area contributed by atoms with E-state index in [4.69, 9.17) is 4.98 Å². The first-order chi connectivity index (χ1) is 18.3. The van der Waals surface area contributed by atoms with E-state index >= 15 is 0 Å². The monoisotopic (exact) mass is 473 g/mol. The van der Waals surface area contributed by atoms with E-state index in [-0.39, 0.29) is 0 Å². The lowest BCUT2D eigenvalue weighted by molar-refractivity contribution is 1.18. The van der Waals surface area contributed by atoms with Crippen molar-refractivity contribution in [3.05, 3.63) is 140 Å². The molecule has 3 aromatic heterocycles. The van der Waals surface area contributed by atoms with Gasteiger partial charge in [0.05, 0.1) is 28.1 Å². The number of nitrogens with zero attached hydrogens (tertiary/aromatic N) is 3. The second-order valence-corrected chi connectivity index (χ2v) is 9.12. The Labute approximate surface area is 215 Å². The molecule has 0 unspecified atom stereocenters. The Balaban J connectivity index is 1.37. The molecule has 0 aliphatic rings. The van der Waals surface area contributed by atoms with Crippen LogP contribution in [0, 0.1) is 0 Å². The lowest BCUT2D eigenvalue weighted by Crippen LogP contribution is -1.95. The second-order valence-electron chi connectivity index (χ2n) is 9.12. The van der Waals surface area contributed by atoms with Gasteiger partial charge in [-0.2, -0.15) is 0 Å². The minimum absolute atomic E-state index is 0.864. The molecule has 0 saturated heterocycles. The average molecular weight is 474 g/mol. The van der Waals surface area contributed by atoms with E-state index in [1.165, 1.54) is 21.8 Å². The van der Waals surface area contributed by atoms with Gasteiger partial charge in [-0.15, -0.1) is 0 Å². The van der Waals surface area contributed by atoms with E-state index in [0.717, 1.165) is 39.5 Å². The van der Waals surface area contributed by atoms with Gasteiger partial charge in [0.2, 0.25) is 0 Å². The van der Waals surface area contributed by atoms with Crippen LogP contribution in [0.2, 0.25) is 0 Å². The van der Waals surface area contributed by atoms with Gasteiger partial charge in [-0.05, 0) is 59.7 Å². The molecule has 0 fully saturated rings. The van der Waals surface area contributed by atoms with E-state index in [1.54, 1.807) is 0 Å². The van der Waals surface area contributed by atoms with Crippen LogP contribution < -0.4 is 0 Å². The van der Waals surface area contributed by atoms with Crippen molar-refractivity contribution >= 4 is 21.8 Å². The molecule has 0 N–H and O–H groups in total.